The quantitative estimate of drug-likeness (QED) is 0.561. The third-order valence-electron chi connectivity index (χ3n) is 7.20. The van der Waals surface area contributed by atoms with Crippen LogP contribution >= 0.6 is 0 Å². The molecule has 0 radical (unpaired) electrons. The number of carbonyl (C=O) groups is 1. The Hall–Kier alpha value is -2.89. The molecule has 2 saturated heterocycles. The molecular weight excluding hydrogens is 455 g/mol. The topological polar surface area (TPSA) is 121 Å². The number of piperidine rings is 2. The van der Waals surface area contributed by atoms with Gasteiger partial charge in [-0.15, -0.1) is 0 Å². The van der Waals surface area contributed by atoms with Crippen LogP contribution in [0.15, 0.2) is 22.7 Å². The van der Waals surface area contributed by atoms with Crippen molar-refractivity contribution in [1.82, 2.24) is 29.7 Å². The van der Waals surface area contributed by atoms with Gasteiger partial charge in [0.2, 0.25) is 11.8 Å². The monoisotopic (exact) mass is 486 g/mol. The zero-order valence-electron chi connectivity index (χ0n) is 20.0. The van der Waals surface area contributed by atoms with E-state index in [-0.39, 0.29) is 23.3 Å². The number of nitrogens with zero attached hydrogens (tertiary/aromatic N) is 6. The molecule has 188 valence electrons. The Morgan fingerprint density at radius 2 is 1.89 bits per heavy atom. The lowest BCUT2D eigenvalue weighted by Crippen LogP contribution is -2.49. The van der Waals surface area contributed by atoms with Gasteiger partial charge in [0, 0.05) is 30.4 Å². The molecule has 1 aromatic carbocycles. The van der Waals surface area contributed by atoms with Crippen molar-refractivity contribution in [3.63, 3.8) is 0 Å². The van der Waals surface area contributed by atoms with Crippen LogP contribution in [-0.2, 0) is 10.4 Å². The smallest absolute Gasteiger partial charge is 0.291 e. The molecule has 5 rings (SSSR count). The third-order valence-corrected chi connectivity index (χ3v) is 7.20. The Kier molecular flexibility index (Phi) is 6.32. The fourth-order valence-corrected chi connectivity index (χ4v) is 5.29. The van der Waals surface area contributed by atoms with Crippen LogP contribution < -0.4 is 0 Å². The van der Waals surface area contributed by atoms with Crippen LogP contribution in [0.5, 0.6) is 0 Å². The van der Waals surface area contributed by atoms with Gasteiger partial charge in [-0.25, -0.2) is 4.39 Å². The number of fused-ring (bicyclic) bond motifs is 1. The lowest BCUT2D eigenvalue weighted by Gasteiger charge is -2.41. The van der Waals surface area contributed by atoms with E-state index >= 15 is 0 Å². The molecule has 35 heavy (non-hydrogen) atoms. The lowest BCUT2D eigenvalue weighted by atomic mass is 9.93. The molecule has 10 nitrogen and oxygen atoms in total. The molecule has 2 aromatic heterocycles. The Labute approximate surface area is 202 Å². The number of benzene rings is 1. The van der Waals surface area contributed by atoms with E-state index in [9.17, 15) is 14.3 Å². The maximum atomic E-state index is 14.7. The number of para-hydroxylation sites is 1. The largest absolute Gasteiger partial charge is 0.387 e. The number of rotatable bonds is 5. The normalized spacial score (nSPS) is 19.1. The van der Waals surface area contributed by atoms with Crippen LogP contribution in [0.3, 0.4) is 0 Å². The van der Waals surface area contributed by atoms with E-state index < -0.39 is 18.0 Å². The number of aliphatic hydroxyl groups excluding tert-OH is 1. The molecule has 1 amide bonds. The van der Waals surface area contributed by atoms with Crippen LogP contribution in [0.25, 0.3) is 16.9 Å². The predicted molar refractivity (Wildman–Crippen MR) is 124 cm³/mol. The number of carbonyl (C=O) groups excluding carboxylic acids is 1. The molecule has 0 bridgehead atoms. The highest BCUT2D eigenvalue weighted by Crippen LogP contribution is 2.33. The molecule has 2 fully saturated rings. The lowest BCUT2D eigenvalue weighted by molar-refractivity contribution is -0.135. The first-order valence-electron chi connectivity index (χ1n) is 12.1. The fourth-order valence-electron chi connectivity index (χ4n) is 5.29. The number of hydrogen-bond acceptors (Lipinski definition) is 8. The molecule has 0 saturated carbocycles. The van der Waals surface area contributed by atoms with Crippen molar-refractivity contribution in [2.24, 2.45) is 0 Å². The number of aromatic nitrogens is 4. The van der Waals surface area contributed by atoms with E-state index in [1.54, 1.807) is 30.9 Å². The summed E-state index contributed by atoms with van der Waals surface area (Å²) in [6.07, 6.45) is 3.53. The maximum absolute atomic E-state index is 14.7. The summed E-state index contributed by atoms with van der Waals surface area (Å²) < 4.78 is 21.6. The average Bonchev–Trinajstić information content (AvgIpc) is 3.50. The first-order valence-corrected chi connectivity index (χ1v) is 12.1. The summed E-state index contributed by atoms with van der Waals surface area (Å²) in [5.41, 5.74) is -0.714. The van der Waals surface area contributed by atoms with E-state index in [1.165, 1.54) is 10.7 Å². The summed E-state index contributed by atoms with van der Waals surface area (Å²) in [5.74, 6) is 0.0801. The Morgan fingerprint density at radius 3 is 2.54 bits per heavy atom. The summed E-state index contributed by atoms with van der Waals surface area (Å²) in [5, 5.41) is 28.6. The van der Waals surface area contributed by atoms with Crippen LogP contribution in [-0.4, -0.2) is 84.7 Å². The van der Waals surface area contributed by atoms with Gasteiger partial charge in [-0.05, 0) is 63.8 Å². The van der Waals surface area contributed by atoms with Gasteiger partial charge in [0.15, 0.2) is 0 Å². The second-order valence-electron chi connectivity index (χ2n) is 9.97. The van der Waals surface area contributed by atoms with Gasteiger partial charge in [0.05, 0.1) is 0 Å². The number of aliphatic hydroxyl groups is 2. The second kappa shape index (κ2) is 9.29. The summed E-state index contributed by atoms with van der Waals surface area (Å²) in [6.45, 7) is 5.92. The summed E-state index contributed by atoms with van der Waals surface area (Å²) in [4.78, 5) is 20.4. The van der Waals surface area contributed by atoms with Crippen LogP contribution in [0.1, 0.15) is 57.0 Å². The van der Waals surface area contributed by atoms with Crippen molar-refractivity contribution in [3.8, 4) is 5.95 Å². The molecule has 3 aromatic rings. The Balaban J connectivity index is 1.28. The third kappa shape index (κ3) is 4.55. The van der Waals surface area contributed by atoms with Crippen LogP contribution in [0, 0.1) is 5.82 Å². The fraction of sp³-hybridized carbons (Fsp3) is 0.583. The van der Waals surface area contributed by atoms with Gasteiger partial charge in [-0.2, -0.15) is 14.8 Å². The first kappa shape index (κ1) is 23.8. The summed E-state index contributed by atoms with van der Waals surface area (Å²) in [7, 11) is 0. The molecule has 2 N–H and O–H groups in total. The highest BCUT2D eigenvalue weighted by Gasteiger charge is 2.32. The summed E-state index contributed by atoms with van der Waals surface area (Å²) in [6, 6.07) is 5.07. The van der Waals surface area contributed by atoms with E-state index in [2.05, 4.69) is 20.1 Å². The minimum Gasteiger partial charge on any atom is -0.387 e. The zero-order chi connectivity index (χ0) is 24.7. The average molecular weight is 487 g/mol. The highest BCUT2D eigenvalue weighted by atomic mass is 19.1. The molecule has 2 aliphatic rings. The maximum Gasteiger partial charge on any atom is 0.291 e. The number of likely N-dealkylation sites (tertiary alicyclic amines) is 2. The van der Waals surface area contributed by atoms with Crippen molar-refractivity contribution >= 4 is 16.8 Å². The van der Waals surface area contributed by atoms with Crippen LogP contribution in [0.2, 0.25) is 0 Å². The Bertz CT molecular complexity index is 1200. The standard InChI is InChI=1S/C24H31FN6O4/c1-24(2,34)21-17-4-3-5-18(25)20(17)31(27-21)23-26-22(35-28-23)15-6-10-29(11-7-15)16-8-12-30(13-9-16)19(33)14-32/h3-5,15-16,32,34H,6-14H2,1-2H3. The SMILES string of the molecule is CC(C)(O)c1nn(-c2noc(C3CCN(C4CCN(C(=O)CO)CC4)CC3)n2)c2c(F)cccc12. The van der Waals surface area contributed by atoms with Gasteiger partial charge >= 0.3 is 0 Å². The van der Waals surface area contributed by atoms with Gasteiger partial charge < -0.3 is 24.5 Å². The first-order chi connectivity index (χ1) is 16.8. The van der Waals surface area contributed by atoms with E-state index in [1.807, 2.05) is 0 Å². The molecule has 0 atom stereocenters. The van der Waals surface area contributed by atoms with Gasteiger partial charge in [-0.3, -0.25) is 4.79 Å². The van der Waals surface area contributed by atoms with Crippen molar-refractivity contribution in [2.45, 2.75) is 57.1 Å². The number of amides is 1. The van der Waals surface area contributed by atoms with Crippen molar-refractivity contribution in [3.05, 3.63) is 35.6 Å². The van der Waals surface area contributed by atoms with E-state index in [4.69, 9.17) is 9.63 Å². The number of hydrogen-bond donors (Lipinski definition) is 2. The van der Waals surface area contributed by atoms with E-state index in [0.29, 0.717) is 36.1 Å². The zero-order valence-corrected chi connectivity index (χ0v) is 20.0. The predicted octanol–water partition coefficient (Wildman–Crippen LogP) is 1.94. The molecule has 0 unspecified atom stereocenters. The molecule has 11 heteroatoms. The molecule has 0 aliphatic carbocycles. The van der Waals surface area contributed by atoms with Gasteiger partial charge in [-0.1, -0.05) is 12.1 Å². The highest BCUT2D eigenvalue weighted by molar-refractivity contribution is 5.84. The molecular formula is C24H31FN6O4. The minimum absolute atomic E-state index is 0.101. The molecule has 4 heterocycles. The minimum atomic E-state index is -1.27. The molecule has 2 aliphatic heterocycles. The Morgan fingerprint density at radius 1 is 1.17 bits per heavy atom. The summed E-state index contributed by atoms with van der Waals surface area (Å²) >= 11 is 0. The molecule has 0 spiro atoms. The van der Waals surface area contributed by atoms with Crippen molar-refractivity contribution in [2.75, 3.05) is 32.8 Å². The number of halogens is 1. The van der Waals surface area contributed by atoms with Gasteiger partial charge in [0.25, 0.3) is 5.95 Å². The van der Waals surface area contributed by atoms with E-state index in [0.717, 1.165) is 38.8 Å². The van der Waals surface area contributed by atoms with Gasteiger partial charge in [0.1, 0.15) is 29.2 Å². The van der Waals surface area contributed by atoms with Crippen LogP contribution in [0.4, 0.5) is 4.39 Å². The second-order valence-corrected chi connectivity index (χ2v) is 9.97. The van der Waals surface area contributed by atoms with Crippen molar-refractivity contribution in [1.29, 1.82) is 0 Å². The van der Waals surface area contributed by atoms with Crippen molar-refractivity contribution < 1.29 is 23.9 Å².